The van der Waals surface area contributed by atoms with Gasteiger partial charge < -0.3 is 24.8 Å². The number of unbranched alkanes of at least 4 members (excludes halogenated alkanes) is 1. The summed E-state index contributed by atoms with van der Waals surface area (Å²) in [7, 11) is 1.57. The summed E-state index contributed by atoms with van der Waals surface area (Å²) in [6.07, 6.45) is 1.76. The third-order valence-electron chi connectivity index (χ3n) is 5.91. The van der Waals surface area contributed by atoms with E-state index in [1.54, 1.807) is 14.0 Å². The molecule has 2 fully saturated rings. The summed E-state index contributed by atoms with van der Waals surface area (Å²) in [5, 5.41) is 13.4. The summed E-state index contributed by atoms with van der Waals surface area (Å²) in [6, 6.07) is 0.253. The predicted molar refractivity (Wildman–Crippen MR) is 88.3 cm³/mol. The highest BCUT2D eigenvalue weighted by atomic mass is 16.5. The zero-order valence-corrected chi connectivity index (χ0v) is 14.8. The molecule has 0 amide bonds. The van der Waals surface area contributed by atoms with Gasteiger partial charge in [0.15, 0.2) is 11.5 Å². The number of aliphatic hydroxyl groups excluding tert-OH is 1. The van der Waals surface area contributed by atoms with Crippen molar-refractivity contribution in [2.24, 2.45) is 5.92 Å². The molecule has 4 unspecified atom stereocenters. The van der Waals surface area contributed by atoms with Crippen molar-refractivity contribution < 1.29 is 24.2 Å². The molecule has 7 heteroatoms. The minimum atomic E-state index is -0.867. The van der Waals surface area contributed by atoms with E-state index in [0.717, 1.165) is 12.8 Å². The number of nitrogens with one attached hydrogen (secondary N) is 1. The van der Waals surface area contributed by atoms with E-state index in [1.165, 1.54) is 0 Å². The zero-order valence-electron chi connectivity index (χ0n) is 14.8. The lowest BCUT2D eigenvalue weighted by Gasteiger charge is -2.39. The van der Waals surface area contributed by atoms with E-state index in [1.807, 2.05) is 11.8 Å². The van der Waals surface area contributed by atoms with Crippen LogP contribution in [0.4, 0.5) is 0 Å². The number of hydrogen-bond donors (Lipinski definition) is 2. The number of rotatable bonds is 6. The van der Waals surface area contributed by atoms with Gasteiger partial charge in [-0.15, -0.1) is 0 Å². The third-order valence-corrected chi connectivity index (χ3v) is 5.91. The minimum absolute atomic E-state index is 0.0191. The van der Waals surface area contributed by atoms with E-state index < -0.39 is 11.6 Å². The largest absolute Gasteiger partial charge is 0.489 e. The SMILES string of the molecule is CCCCOC1=C(C)C(=O)C2=C(C1=O)C(CO)C1(OC)C3NC3CN21. The maximum atomic E-state index is 13.1. The third kappa shape index (κ3) is 1.97. The molecule has 2 saturated heterocycles. The molecule has 0 aromatic rings. The number of nitrogens with zero attached hydrogens (tertiary/aromatic N) is 1. The van der Waals surface area contributed by atoms with Crippen molar-refractivity contribution in [2.45, 2.75) is 44.5 Å². The molecule has 0 aromatic carbocycles. The standard InChI is InChI=1S/C18H24N2O5/c1-4-5-6-25-16-9(2)14(22)13-12(15(16)23)10(8-21)18(24-3)17-11(19-17)7-20(13)18/h10-11,17,19,21H,4-8H2,1-3H3. The lowest BCUT2D eigenvalue weighted by atomic mass is 9.83. The molecule has 4 atom stereocenters. The second kappa shape index (κ2) is 5.65. The van der Waals surface area contributed by atoms with Gasteiger partial charge in [0.05, 0.1) is 30.9 Å². The van der Waals surface area contributed by atoms with Crippen LogP contribution in [0.3, 0.4) is 0 Å². The summed E-state index contributed by atoms with van der Waals surface area (Å²) in [5.41, 5.74) is 0.213. The first kappa shape index (κ1) is 16.8. The van der Waals surface area contributed by atoms with Gasteiger partial charge in [0.2, 0.25) is 11.6 Å². The van der Waals surface area contributed by atoms with Crippen LogP contribution in [0.25, 0.3) is 0 Å². The molecule has 0 saturated carbocycles. The fraction of sp³-hybridized carbons (Fsp3) is 0.667. The monoisotopic (exact) mass is 348 g/mol. The minimum Gasteiger partial charge on any atom is -0.489 e. The molecule has 7 nitrogen and oxygen atoms in total. The van der Waals surface area contributed by atoms with Crippen LogP contribution in [-0.2, 0) is 19.1 Å². The maximum Gasteiger partial charge on any atom is 0.226 e. The second-order valence-corrected chi connectivity index (χ2v) is 7.13. The second-order valence-electron chi connectivity index (χ2n) is 7.13. The Morgan fingerprint density at radius 1 is 1.36 bits per heavy atom. The van der Waals surface area contributed by atoms with Crippen molar-refractivity contribution in [3.05, 3.63) is 22.6 Å². The number of aliphatic hydroxyl groups is 1. The van der Waals surface area contributed by atoms with Crippen LogP contribution in [0.5, 0.6) is 0 Å². The average molecular weight is 348 g/mol. The number of carbonyl (C=O) groups is 2. The van der Waals surface area contributed by atoms with Crippen LogP contribution in [0.2, 0.25) is 0 Å². The van der Waals surface area contributed by atoms with Crippen LogP contribution < -0.4 is 5.32 Å². The van der Waals surface area contributed by atoms with Gasteiger partial charge in [-0.2, -0.15) is 0 Å². The Morgan fingerprint density at radius 3 is 2.76 bits per heavy atom. The predicted octanol–water partition coefficient (Wildman–Crippen LogP) is 0.104. The number of Topliss-reactive ketones (excluding diaryl/α,β-unsaturated/α-hetero) is 2. The molecule has 4 aliphatic rings. The van der Waals surface area contributed by atoms with Gasteiger partial charge in [0.25, 0.3) is 0 Å². The molecular formula is C18H24N2O5. The van der Waals surface area contributed by atoms with Crippen LogP contribution in [0.15, 0.2) is 22.6 Å². The Kier molecular flexibility index (Phi) is 3.79. The summed E-state index contributed by atoms with van der Waals surface area (Å²) >= 11 is 0. The Bertz CT molecular complexity index is 712. The van der Waals surface area contributed by atoms with Crippen LogP contribution in [0, 0.1) is 5.92 Å². The van der Waals surface area contributed by atoms with Crippen molar-refractivity contribution in [3.63, 3.8) is 0 Å². The lowest BCUT2D eigenvalue weighted by molar-refractivity contribution is -0.137. The van der Waals surface area contributed by atoms with Gasteiger partial charge in [-0.05, 0) is 13.3 Å². The molecule has 0 bridgehead atoms. The van der Waals surface area contributed by atoms with Crippen molar-refractivity contribution >= 4 is 11.6 Å². The first-order valence-electron chi connectivity index (χ1n) is 8.89. The van der Waals surface area contributed by atoms with Gasteiger partial charge in [-0.25, -0.2) is 0 Å². The topological polar surface area (TPSA) is 98.0 Å². The fourth-order valence-corrected chi connectivity index (χ4v) is 4.61. The van der Waals surface area contributed by atoms with Crippen molar-refractivity contribution in [2.75, 3.05) is 26.9 Å². The molecule has 136 valence electrons. The maximum absolute atomic E-state index is 13.1. The van der Waals surface area contributed by atoms with Crippen LogP contribution >= 0.6 is 0 Å². The molecule has 0 aromatic heterocycles. The Morgan fingerprint density at radius 2 is 2.12 bits per heavy atom. The van der Waals surface area contributed by atoms with E-state index in [9.17, 15) is 14.7 Å². The molecule has 0 radical (unpaired) electrons. The molecule has 2 N–H and O–H groups in total. The van der Waals surface area contributed by atoms with Gasteiger partial charge >= 0.3 is 0 Å². The number of fused-ring (bicyclic) bond motifs is 4. The van der Waals surface area contributed by atoms with E-state index >= 15 is 0 Å². The molecule has 4 rings (SSSR count). The van der Waals surface area contributed by atoms with Gasteiger partial charge in [0, 0.05) is 30.8 Å². The molecule has 25 heavy (non-hydrogen) atoms. The highest BCUT2D eigenvalue weighted by Gasteiger charge is 2.72. The number of carbonyl (C=O) groups excluding carboxylic acids is 2. The van der Waals surface area contributed by atoms with E-state index in [0.29, 0.717) is 30.0 Å². The zero-order chi connectivity index (χ0) is 17.9. The van der Waals surface area contributed by atoms with E-state index in [2.05, 4.69) is 5.32 Å². The lowest BCUT2D eigenvalue weighted by Crippen LogP contribution is -2.54. The summed E-state index contributed by atoms with van der Waals surface area (Å²) < 4.78 is 11.5. The first-order valence-corrected chi connectivity index (χ1v) is 8.89. The quantitative estimate of drug-likeness (QED) is 0.399. The number of allylic oxidation sites excluding steroid dienone is 2. The average Bonchev–Trinajstić information content (AvgIpc) is 3.22. The highest BCUT2D eigenvalue weighted by Crippen LogP contribution is 2.55. The Balaban J connectivity index is 1.75. The molecule has 3 aliphatic heterocycles. The van der Waals surface area contributed by atoms with Crippen molar-refractivity contribution in [1.82, 2.24) is 10.2 Å². The summed E-state index contributed by atoms with van der Waals surface area (Å²) in [6.45, 7) is 4.43. The molecule has 3 heterocycles. The number of hydrogen-bond acceptors (Lipinski definition) is 7. The number of ether oxygens (including phenoxy) is 2. The van der Waals surface area contributed by atoms with Crippen molar-refractivity contribution in [3.8, 4) is 0 Å². The number of ketones is 2. The van der Waals surface area contributed by atoms with E-state index in [-0.39, 0.29) is 36.0 Å². The summed E-state index contributed by atoms with van der Waals surface area (Å²) in [5.74, 6) is -0.916. The van der Waals surface area contributed by atoms with Crippen molar-refractivity contribution in [1.29, 1.82) is 0 Å². The Labute approximate surface area is 146 Å². The highest BCUT2D eigenvalue weighted by molar-refractivity contribution is 6.25. The fourth-order valence-electron chi connectivity index (χ4n) is 4.61. The number of methoxy groups -OCH3 is 1. The van der Waals surface area contributed by atoms with Crippen LogP contribution in [0.1, 0.15) is 26.7 Å². The molecule has 0 spiro atoms. The van der Waals surface area contributed by atoms with Gasteiger partial charge in [0.1, 0.15) is 0 Å². The molecule has 1 aliphatic carbocycles. The van der Waals surface area contributed by atoms with E-state index in [4.69, 9.17) is 9.47 Å². The first-order chi connectivity index (χ1) is 12.0. The van der Waals surface area contributed by atoms with Crippen LogP contribution in [-0.4, -0.2) is 66.2 Å². The smallest absolute Gasteiger partial charge is 0.226 e. The normalized spacial score (nSPS) is 36.0. The molecular weight excluding hydrogens is 324 g/mol. The summed E-state index contributed by atoms with van der Waals surface area (Å²) in [4.78, 5) is 28.1. The van der Waals surface area contributed by atoms with Gasteiger partial charge in [-0.1, -0.05) is 13.3 Å². The van der Waals surface area contributed by atoms with Gasteiger partial charge in [-0.3, -0.25) is 9.59 Å². The number of piperazine rings is 1. The Hall–Kier alpha value is -1.70.